The summed E-state index contributed by atoms with van der Waals surface area (Å²) in [5.41, 5.74) is 0. The molecule has 22 heavy (non-hydrogen) atoms. The van der Waals surface area contributed by atoms with Crippen LogP contribution >= 0.6 is 0 Å². The molecule has 0 amide bonds. The van der Waals surface area contributed by atoms with Crippen LogP contribution in [0.15, 0.2) is 24.3 Å². The topological polar surface area (TPSA) is 33.7 Å². The lowest BCUT2D eigenvalue weighted by Crippen LogP contribution is -2.39. The Morgan fingerprint density at radius 1 is 1.09 bits per heavy atom. The van der Waals surface area contributed by atoms with Crippen LogP contribution in [-0.2, 0) is 0 Å². The number of likely N-dealkylation sites (tertiary alicyclic amines) is 1. The average molecular weight is 306 g/mol. The predicted molar refractivity (Wildman–Crippen MR) is 90.8 cm³/mol. The van der Waals surface area contributed by atoms with Crippen molar-refractivity contribution in [3.8, 4) is 11.5 Å². The van der Waals surface area contributed by atoms with Crippen LogP contribution in [0.4, 0.5) is 0 Å². The van der Waals surface area contributed by atoms with Crippen LogP contribution in [-0.4, -0.2) is 50.8 Å². The predicted octanol–water partition coefficient (Wildman–Crippen LogP) is 2.79. The molecule has 1 aromatic carbocycles. The molecule has 0 unspecified atom stereocenters. The summed E-state index contributed by atoms with van der Waals surface area (Å²) in [5, 5.41) is 3.46. The fraction of sp³-hybridized carbons (Fsp3) is 0.667. The van der Waals surface area contributed by atoms with E-state index in [-0.39, 0.29) is 0 Å². The molecule has 1 heterocycles. The Morgan fingerprint density at radius 2 is 1.77 bits per heavy atom. The average Bonchev–Trinajstić information content (AvgIpc) is 2.56. The van der Waals surface area contributed by atoms with E-state index in [1.165, 1.54) is 32.5 Å². The second kappa shape index (κ2) is 9.70. The van der Waals surface area contributed by atoms with Crippen molar-refractivity contribution in [2.45, 2.75) is 26.7 Å². The Hall–Kier alpha value is -1.26. The van der Waals surface area contributed by atoms with Crippen LogP contribution in [0.25, 0.3) is 0 Å². The minimum atomic E-state index is 0.666. The molecule has 0 aliphatic carbocycles. The summed E-state index contributed by atoms with van der Waals surface area (Å²) in [6, 6.07) is 7.91. The van der Waals surface area contributed by atoms with E-state index in [0.717, 1.165) is 37.1 Å². The van der Waals surface area contributed by atoms with Crippen LogP contribution in [0.5, 0.6) is 11.5 Å². The molecule has 4 heteroatoms. The van der Waals surface area contributed by atoms with Gasteiger partial charge >= 0.3 is 0 Å². The number of hydrogen-bond acceptors (Lipinski definition) is 4. The van der Waals surface area contributed by atoms with E-state index in [1.54, 1.807) is 0 Å². The van der Waals surface area contributed by atoms with Crippen molar-refractivity contribution in [2.75, 3.05) is 45.9 Å². The second-order valence-electron chi connectivity index (χ2n) is 5.82. The largest absolute Gasteiger partial charge is 0.490 e. The summed E-state index contributed by atoms with van der Waals surface area (Å²) in [5.74, 6) is 2.54. The lowest BCUT2D eigenvalue weighted by molar-refractivity contribution is 0.152. The van der Waals surface area contributed by atoms with Gasteiger partial charge in [-0.05, 0) is 64.0 Å². The van der Waals surface area contributed by atoms with E-state index < -0.39 is 0 Å². The number of para-hydroxylation sites is 2. The monoisotopic (exact) mass is 306 g/mol. The maximum absolute atomic E-state index is 5.91. The molecule has 0 radical (unpaired) electrons. The fourth-order valence-electron chi connectivity index (χ4n) is 2.89. The number of benzene rings is 1. The number of rotatable bonds is 9. The van der Waals surface area contributed by atoms with Gasteiger partial charge in [-0.3, -0.25) is 4.90 Å². The Bertz CT molecular complexity index is 417. The number of nitrogens with zero attached hydrogens (tertiary/aromatic N) is 1. The maximum atomic E-state index is 5.91. The molecular formula is C18H30N2O2. The van der Waals surface area contributed by atoms with Crippen molar-refractivity contribution in [3.05, 3.63) is 24.3 Å². The van der Waals surface area contributed by atoms with Crippen molar-refractivity contribution in [1.82, 2.24) is 10.2 Å². The molecule has 1 aliphatic heterocycles. The number of nitrogens with one attached hydrogen (secondary N) is 1. The van der Waals surface area contributed by atoms with E-state index in [9.17, 15) is 0 Å². The summed E-state index contributed by atoms with van der Waals surface area (Å²) in [7, 11) is 0. The second-order valence-corrected chi connectivity index (χ2v) is 5.82. The van der Waals surface area contributed by atoms with E-state index in [4.69, 9.17) is 9.47 Å². The molecule has 1 N–H and O–H groups in total. The van der Waals surface area contributed by atoms with Gasteiger partial charge in [0, 0.05) is 6.54 Å². The highest BCUT2D eigenvalue weighted by Gasteiger charge is 2.18. The Kier molecular flexibility index (Phi) is 7.54. The van der Waals surface area contributed by atoms with Crippen molar-refractivity contribution in [2.24, 2.45) is 5.92 Å². The molecule has 4 nitrogen and oxygen atoms in total. The van der Waals surface area contributed by atoms with Crippen molar-refractivity contribution < 1.29 is 9.47 Å². The van der Waals surface area contributed by atoms with E-state index in [0.29, 0.717) is 6.61 Å². The zero-order valence-electron chi connectivity index (χ0n) is 14.0. The summed E-state index contributed by atoms with van der Waals surface area (Å²) in [6.45, 7) is 11.2. The molecule has 0 spiro atoms. The Balaban J connectivity index is 1.67. The van der Waals surface area contributed by atoms with Gasteiger partial charge in [-0.15, -0.1) is 0 Å². The molecule has 0 atom stereocenters. The van der Waals surface area contributed by atoms with Crippen LogP contribution in [0.3, 0.4) is 0 Å². The maximum Gasteiger partial charge on any atom is 0.161 e. The first-order valence-corrected chi connectivity index (χ1v) is 8.61. The normalized spacial score (nSPS) is 16.6. The lowest BCUT2D eigenvalue weighted by atomic mass is 9.97. The molecule has 0 bridgehead atoms. The van der Waals surface area contributed by atoms with Crippen molar-refractivity contribution in [3.63, 3.8) is 0 Å². The van der Waals surface area contributed by atoms with E-state index in [2.05, 4.69) is 17.1 Å². The number of piperidine rings is 1. The van der Waals surface area contributed by atoms with Crippen LogP contribution in [0.1, 0.15) is 26.7 Å². The summed E-state index contributed by atoms with van der Waals surface area (Å²) in [4.78, 5) is 2.51. The molecule has 1 aromatic rings. The van der Waals surface area contributed by atoms with Crippen LogP contribution < -0.4 is 14.8 Å². The summed E-state index contributed by atoms with van der Waals surface area (Å²) >= 11 is 0. The molecule has 1 saturated heterocycles. The standard InChI is InChI=1S/C18H30N2O2/c1-3-19-15-16-9-11-20(12-10-16)13-14-22-18-8-6-5-7-17(18)21-4-2/h5-8,16,19H,3-4,9-15H2,1-2H3. The third-order valence-electron chi connectivity index (χ3n) is 4.20. The van der Waals surface area contributed by atoms with E-state index >= 15 is 0 Å². The summed E-state index contributed by atoms with van der Waals surface area (Å²) in [6.07, 6.45) is 2.59. The molecular weight excluding hydrogens is 276 g/mol. The zero-order chi connectivity index (χ0) is 15.6. The van der Waals surface area contributed by atoms with Gasteiger partial charge in [-0.25, -0.2) is 0 Å². The lowest BCUT2D eigenvalue weighted by Gasteiger charge is -2.31. The third kappa shape index (κ3) is 5.50. The fourth-order valence-corrected chi connectivity index (χ4v) is 2.89. The van der Waals surface area contributed by atoms with E-state index in [1.807, 2.05) is 31.2 Å². The van der Waals surface area contributed by atoms with Crippen LogP contribution in [0, 0.1) is 5.92 Å². The highest BCUT2D eigenvalue weighted by Crippen LogP contribution is 2.26. The first-order chi connectivity index (χ1) is 10.8. The first kappa shape index (κ1) is 17.1. The number of ether oxygens (including phenoxy) is 2. The minimum Gasteiger partial charge on any atom is -0.490 e. The SMILES string of the molecule is CCNCC1CCN(CCOc2ccccc2OCC)CC1. The zero-order valence-corrected chi connectivity index (χ0v) is 14.0. The number of hydrogen-bond donors (Lipinski definition) is 1. The van der Waals surface area contributed by atoms with Gasteiger partial charge in [-0.1, -0.05) is 19.1 Å². The van der Waals surface area contributed by atoms with Gasteiger partial charge in [0.05, 0.1) is 6.61 Å². The van der Waals surface area contributed by atoms with Crippen molar-refractivity contribution >= 4 is 0 Å². The van der Waals surface area contributed by atoms with Gasteiger partial charge in [0.15, 0.2) is 11.5 Å². The van der Waals surface area contributed by atoms with Gasteiger partial charge in [0.25, 0.3) is 0 Å². The first-order valence-electron chi connectivity index (χ1n) is 8.61. The molecule has 0 aromatic heterocycles. The third-order valence-corrected chi connectivity index (χ3v) is 4.20. The minimum absolute atomic E-state index is 0.666. The quantitative estimate of drug-likeness (QED) is 0.760. The van der Waals surface area contributed by atoms with Gasteiger partial charge in [0.1, 0.15) is 6.61 Å². The molecule has 2 rings (SSSR count). The van der Waals surface area contributed by atoms with Gasteiger partial charge in [0.2, 0.25) is 0 Å². The summed E-state index contributed by atoms with van der Waals surface area (Å²) < 4.78 is 11.5. The molecule has 1 fully saturated rings. The Morgan fingerprint density at radius 3 is 2.41 bits per heavy atom. The Labute approximate surface area is 134 Å². The van der Waals surface area contributed by atoms with Crippen molar-refractivity contribution in [1.29, 1.82) is 0 Å². The smallest absolute Gasteiger partial charge is 0.161 e. The molecule has 124 valence electrons. The van der Waals surface area contributed by atoms with Gasteiger partial charge < -0.3 is 14.8 Å². The molecule has 0 saturated carbocycles. The van der Waals surface area contributed by atoms with Gasteiger partial charge in [-0.2, -0.15) is 0 Å². The van der Waals surface area contributed by atoms with Crippen LogP contribution in [0.2, 0.25) is 0 Å². The molecule has 1 aliphatic rings. The highest BCUT2D eigenvalue weighted by atomic mass is 16.5. The highest BCUT2D eigenvalue weighted by molar-refractivity contribution is 5.39.